The number of nitrogens with one attached hydrogen (secondary N) is 2. The van der Waals surface area contributed by atoms with Gasteiger partial charge in [0.1, 0.15) is 41.9 Å². The van der Waals surface area contributed by atoms with Gasteiger partial charge in [0.15, 0.2) is 0 Å². The van der Waals surface area contributed by atoms with E-state index in [4.69, 9.17) is 21.1 Å². The third-order valence-corrected chi connectivity index (χ3v) is 15.7. The number of anilines is 1. The largest absolute Gasteiger partial charge is 0.489 e. The van der Waals surface area contributed by atoms with Crippen molar-refractivity contribution < 1.29 is 29.0 Å². The van der Waals surface area contributed by atoms with E-state index in [1.54, 1.807) is 58.9 Å². The highest BCUT2D eigenvalue weighted by molar-refractivity contribution is 7.13. The van der Waals surface area contributed by atoms with Gasteiger partial charge in [0.25, 0.3) is 5.91 Å². The highest BCUT2D eigenvalue weighted by Crippen LogP contribution is 2.55. The van der Waals surface area contributed by atoms with Gasteiger partial charge >= 0.3 is 0 Å². The van der Waals surface area contributed by atoms with Crippen LogP contribution in [0.5, 0.6) is 11.6 Å². The first kappa shape index (κ1) is 50.1. The summed E-state index contributed by atoms with van der Waals surface area (Å²) in [6.07, 6.45) is 5.70. The first-order valence-corrected chi connectivity index (χ1v) is 25.4. The molecule has 1 aliphatic carbocycles. The van der Waals surface area contributed by atoms with Gasteiger partial charge in [-0.1, -0.05) is 77.4 Å². The zero-order chi connectivity index (χ0) is 51.2. The Kier molecular flexibility index (Phi) is 13.9. The summed E-state index contributed by atoms with van der Waals surface area (Å²) in [5, 5.41) is 31.3. The van der Waals surface area contributed by atoms with Gasteiger partial charge in [-0.05, 0) is 66.8 Å². The van der Waals surface area contributed by atoms with Crippen molar-refractivity contribution in [3.8, 4) is 39.3 Å². The van der Waals surface area contributed by atoms with Crippen LogP contribution < -0.4 is 25.0 Å². The predicted octanol–water partition coefficient (Wildman–Crippen LogP) is 8.21. The van der Waals surface area contributed by atoms with Gasteiger partial charge in [0, 0.05) is 66.1 Å². The SMILES string of the molecule is Cc1ncsc1-c1ccc([C@H](C)NC(=O)[C@@H]2C[C@@H](O)CN2C(=O)[C@@H](C(C)C)n2cc(-c3ccnc(OC4CN(c5ccc(C(=O)N[C@H]6C(C)(C)[C@H](Oc7ccc(C#N)c(Cl)c7)C6(C)C)cn5)C4)c3)cn2)cc1. The Bertz CT molecular complexity index is 3000. The van der Waals surface area contributed by atoms with Gasteiger partial charge in [-0.15, -0.1) is 11.3 Å². The number of aromatic nitrogens is 5. The number of ether oxygens (including phenoxy) is 2. The molecule has 6 heterocycles. The molecular formula is C54H59ClN10O6S. The molecular weight excluding hydrogens is 952 g/mol. The fourth-order valence-corrected chi connectivity index (χ4v) is 11.8. The summed E-state index contributed by atoms with van der Waals surface area (Å²) in [6, 6.07) is 20.3. The number of pyridine rings is 2. The van der Waals surface area contributed by atoms with Gasteiger partial charge in [0.05, 0.1) is 63.7 Å². The summed E-state index contributed by atoms with van der Waals surface area (Å²) >= 11 is 7.85. The third-order valence-electron chi connectivity index (χ3n) is 14.4. The van der Waals surface area contributed by atoms with Crippen molar-refractivity contribution >= 4 is 46.5 Å². The van der Waals surface area contributed by atoms with E-state index >= 15 is 0 Å². The number of aliphatic hydroxyl groups excluding tert-OH is 1. The number of β-amino-alcohol motifs (C(OH)–C–C–N with tert-alkyl or cyclic N) is 1. The van der Waals surface area contributed by atoms with Crippen molar-refractivity contribution in [2.45, 2.75) is 104 Å². The van der Waals surface area contributed by atoms with E-state index in [9.17, 15) is 24.8 Å². The lowest BCUT2D eigenvalue weighted by atomic mass is 9.49. The Balaban J connectivity index is 0.776. The fourth-order valence-electron chi connectivity index (χ4n) is 10.8. The highest BCUT2D eigenvalue weighted by Gasteiger charge is 2.64. The minimum absolute atomic E-state index is 0.0453. The molecule has 1 saturated carbocycles. The molecule has 0 bridgehead atoms. The molecule has 3 N–H and O–H groups in total. The van der Waals surface area contributed by atoms with Gasteiger partial charge < -0.3 is 35.0 Å². The molecule has 2 aliphatic heterocycles. The Morgan fingerprint density at radius 2 is 1.65 bits per heavy atom. The number of hydrogen-bond acceptors (Lipinski definition) is 13. The Morgan fingerprint density at radius 1 is 0.903 bits per heavy atom. The van der Waals surface area contributed by atoms with E-state index < -0.39 is 29.0 Å². The monoisotopic (exact) mass is 1010 g/mol. The van der Waals surface area contributed by atoms with Gasteiger partial charge in [-0.2, -0.15) is 10.4 Å². The molecule has 6 aromatic rings. The smallest absolute Gasteiger partial charge is 0.253 e. The molecule has 72 heavy (non-hydrogen) atoms. The van der Waals surface area contributed by atoms with E-state index in [0.717, 1.165) is 38.6 Å². The van der Waals surface area contributed by atoms with Crippen LogP contribution in [0.25, 0.3) is 21.6 Å². The summed E-state index contributed by atoms with van der Waals surface area (Å²) in [7, 11) is 0. The second-order valence-electron chi connectivity index (χ2n) is 20.6. The van der Waals surface area contributed by atoms with Crippen molar-refractivity contribution in [1.29, 1.82) is 5.26 Å². The summed E-state index contributed by atoms with van der Waals surface area (Å²) < 4.78 is 14.3. The molecule has 374 valence electrons. The molecule has 4 aromatic heterocycles. The average molecular weight is 1010 g/mol. The lowest BCUT2D eigenvalue weighted by molar-refractivity contribution is -0.164. The summed E-state index contributed by atoms with van der Waals surface area (Å²) in [5.41, 5.74) is 6.36. The number of amides is 3. The predicted molar refractivity (Wildman–Crippen MR) is 275 cm³/mol. The van der Waals surface area contributed by atoms with Crippen LogP contribution in [0, 0.1) is 35.0 Å². The van der Waals surface area contributed by atoms with Crippen molar-refractivity contribution in [2.24, 2.45) is 16.7 Å². The van der Waals surface area contributed by atoms with Crippen LogP contribution in [0.4, 0.5) is 5.82 Å². The van der Waals surface area contributed by atoms with Gasteiger partial charge in [-0.25, -0.2) is 15.0 Å². The van der Waals surface area contributed by atoms with Gasteiger partial charge in [0.2, 0.25) is 17.7 Å². The van der Waals surface area contributed by atoms with Crippen LogP contribution >= 0.6 is 22.9 Å². The molecule has 2 saturated heterocycles. The Hall–Kier alpha value is -6.87. The number of thiazole rings is 1. The molecule has 16 nitrogen and oxygen atoms in total. The van der Waals surface area contributed by atoms with Crippen molar-refractivity contribution in [3.05, 3.63) is 124 Å². The summed E-state index contributed by atoms with van der Waals surface area (Å²) in [6.45, 7) is 17.2. The molecule has 3 fully saturated rings. The van der Waals surface area contributed by atoms with Crippen LogP contribution in [-0.4, -0.2) is 102 Å². The number of aliphatic hydroxyl groups is 1. The summed E-state index contributed by atoms with van der Waals surface area (Å²) in [4.78, 5) is 59.8. The number of rotatable bonds is 15. The second-order valence-corrected chi connectivity index (χ2v) is 21.9. The van der Waals surface area contributed by atoms with E-state index in [0.29, 0.717) is 40.9 Å². The zero-order valence-corrected chi connectivity index (χ0v) is 43.1. The molecule has 4 atom stereocenters. The van der Waals surface area contributed by atoms with Crippen LogP contribution in [0.2, 0.25) is 5.02 Å². The van der Waals surface area contributed by atoms with Crippen molar-refractivity contribution in [1.82, 2.24) is 40.3 Å². The topological polar surface area (TPSA) is 201 Å². The Morgan fingerprint density at radius 3 is 2.31 bits per heavy atom. The zero-order valence-electron chi connectivity index (χ0n) is 41.5. The Labute approximate surface area is 428 Å². The average Bonchev–Trinajstić information content (AvgIpc) is 4.11. The number of benzene rings is 2. The molecule has 0 unspecified atom stereocenters. The number of carbonyl (C=O) groups excluding carboxylic acids is 3. The highest BCUT2D eigenvalue weighted by atomic mass is 35.5. The maximum Gasteiger partial charge on any atom is 0.253 e. The number of carbonyl (C=O) groups is 3. The number of nitrogens with zero attached hydrogens (tertiary/aromatic N) is 8. The number of aryl methyl sites for hydroxylation is 1. The minimum Gasteiger partial charge on any atom is -0.489 e. The maximum atomic E-state index is 14.4. The molecule has 0 radical (unpaired) electrons. The van der Waals surface area contributed by atoms with Crippen LogP contribution in [0.1, 0.15) is 94.1 Å². The lowest BCUT2D eigenvalue weighted by Crippen LogP contribution is -2.74. The van der Waals surface area contributed by atoms with Crippen LogP contribution in [-0.2, 0) is 9.59 Å². The lowest BCUT2D eigenvalue weighted by Gasteiger charge is -2.63. The van der Waals surface area contributed by atoms with Crippen molar-refractivity contribution in [2.75, 3.05) is 24.5 Å². The number of halogens is 1. The van der Waals surface area contributed by atoms with Crippen molar-refractivity contribution in [3.63, 3.8) is 0 Å². The maximum absolute atomic E-state index is 14.4. The fraction of sp³-hybridized carbons (Fsp3) is 0.407. The van der Waals surface area contributed by atoms with E-state index in [1.165, 1.54) is 4.90 Å². The van der Waals surface area contributed by atoms with Crippen LogP contribution in [0.3, 0.4) is 0 Å². The standard InChI is InChI=1S/C54H59ClN10O6S/c1-30(2)46(50(69)64-26-39(66)20-43(64)49(68)61-31(3)33-9-11-34(12-10-33)47-32(4)59-29-72-47)65-25-38(24-60-65)35-17-18-57-45(19-35)70-41-27-63(28-41)44-16-14-37(23-58-44)48(67)62-51-53(5,6)52(54(51,7)8)71-40-15-13-36(22-56)42(55)21-40/h9-19,21,23-25,29-31,39,41,43,46,51-52,66H,20,26-28H2,1-8H3,(H,61,68)(H,62,67)/t31-,39+,43-,46+,51-,52-/m0/s1. The molecule has 18 heteroatoms. The first-order valence-electron chi connectivity index (χ1n) is 24.2. The van der Waals surface area contributed by atoms with E-state index in [1.807, 2.05) is 81.9 Å². The normalized spacial score (nSPS) is 21.0. The molecule has 2 aromatic carbocycles. The molecule has 9 rings (SSSR count). The molecule has 3 amide bonds. The van der Waals surface area contributed by atoms with Crippen LogP contribution in [0.15, 0.2) is 97.0 Å². The number of likely N-dealkylation sites (tertiary alicyclic amines) is 1. The number of nitriles is 1. The minimum atomic E-state index is -0.840. The quantitative estimate of drug-likeness (QED) is 0.0892. The number of hydrogen-bond donors (Lipinski definition) is 3. The summed E-state index contributed by atoms with van der Waals surface area (Å²) in [5.74, 6) is 0.723. The van der Waals surface area contributed by atoms with E-state index in [2.05, 4.69) is 69.3 Å². The van der Waals surface area contributed by atoms with E-state index in [-0.39, 0.29) is 60.9 Å². The molecule has 0 spiro atoms. The molecule has 3 aliphatic rings. The van der Waals surface area contributed by atoms with Gasteiger partial charge in [-0.3, -0.25) is 19.1 Å². The second kappa shape index (κ2) is 20.0. The first-order chi connectivity index (χ1) is 34.3. The third kappa shape index (κ3) is 9.87.